The number of nitrogens with zero attached hydrogens (tertiary/aromatic N) is 1. The molecule has 0 saturated carbocycles. The first-order valence-corrected chi connectivity index (χ1v) is 5.89. The molecule has 1 amide bonds. The fourth-order valence-electron chi connectivity index (χ4n) is 1.36. The molecule has 2 aromatic rings. The van der Waals surface area contributed by atoms with E-state index >= 15 is 0 Å². The number of hydrogen-bond acceptors (Lipinski definition) is 4. The Hall–Kier alpha value is -2.04. The van der Waals surface area contributed by atoms with Crippen LogP contribution in [0.25, 0.3) is 11.5 Å². The molecule has 0 saturated heterocycles. The summed E-state index contributed by atoms with van der Waals surface area (Å²) < 4.78 is 10.2. The number of amides is 1. The van der Waals surface area contributed by atoms with E-state index in [1.807, 2.05) is 20.8 Å². The Bertz CT molecular complexity index is 514. The van der Waals surface area contributed by atoms with Gasteiger partial charge in [0.25, 0.3) is 5.91 Å². The van der Waals surface area contributed by atoms with Crippen molar-refractivity contribution in [2.45, 2.75) is 26.8 Å². The number of rotatable bonds is 4. The molecule has 0 aliphatic heterocycles. The fourth-order valence-corrected chi connectivity index (χ4v) is 1.36. The predicted molar refractivity (Wildman–Crippen MR) is 66.0 cm³/mol. The van der Waals surface area contributed by atoms with Crippen LogP contribution in [0.4, 0.5) is 0 Å². The molecule has 0 bridgehead atoms. The molecule has 1 atom stereocenters. The zero-order valence-electron chi connectivity index (χ0n) is 10.6. The van der Waals surface area contributed by atoms with Gasteiger partial charge in [-0.25, -0.2) is 0 Å². The largest absolute Gasteiger partial charge is 0.461 e. The third-order valence-electron chi connectivity index (χ3n) is 2.87. The minimum atomic E-state index is -0.238. The normalized spacial score (nSPS) is 12.7. The SMILES string of the molecule is CC(C)C(C)NC(=O)c1cc(-c2ccco2)on1. The molecule has 0 aromatic carbocycles. The Morgan fingerprint density at radius 2 is 2.11 bits per heavy atom. The van der Waals surface area contributed by atoms with Crippen molar-refractivity contribution in [1.29, 1.82) is 0 Å². The van der Waals surface area contributed by atoms with E-state index in [9.17, 15) is 4.79 Å². The maximum absolute atomic E-state index is 11.9. The average Bonchev–Trinajstić information content (AvgIpc) is 2.99. The van der Waals surface area contributed by atoms with Gasteiger partial charge in [0.2, 0.25) is 5.76 Å². The first-order chi connectivity index (χ1) is 8.58. The maximum atomic E-state index is 11.9. The van der Waals surface area contributed by atoms with E-state index in [0.29, 0.717) is 17.4 Å². The Balaban J connectivity index is 2.08. The molecule has 2 aromatic heterocycles. The number of aromatic nitrogens is 1. The minimum absolute atomic E-state index is 0.0845. The van der Waals surface area contributed by atoms with Gasteiger partial charge in [0.15, 0.2) is 11.5 Å². The highest BCUT2D eigenvalue weighted by atomic mass is 16.5. The first-order valence-electron chi connectivity index (χ1n) is 5.89. The van der Waals surface area contributed by atoms with Gasteiger partial charge in [-0.05, 0) is 25.0 Å². The first kappa shape index (κ1) is 12.4. The summed E-state index contributed by atoms with van der Waals surface area (Å²) in [6.45, 7) is 6.04. The van der Waals surface area contributed by atoms with Crippen molar-refractivity contribution in [3.05, 3.63) is 30.2 Å². The lowest BCUT2D eigenvalue weighted by atomic mass is 10.1. The number of nitrogens with one attached hydrogen (secondary N) is 1. The second kappa shape index (κ2) is 5.08. The third kappa shape index (κ3) is 2.61. The van der Waals surface area contributed by atoms with Crippen molar-refractivity contribution < 1.29 is 13.7 Å². The van der Waals surface area contributed by atoms with Gasteiger partial charge in [0, 0.05) is 12.1 Å². The van der Waals surface area contributed by atoms with Crippen LogP contribution in [0.2, 0.25) is 0 Å². The summed E-state index contributed by atoms with van der Waals surface area (Å²) in [5, 5.41) is 6.60. The molecule has 0 aliphatic carbocycles. The quantitative estimate of drug-likeness (QED) is 0.903. The summed E-state index contributed by atoms with van der Waals surface area (Å²) in [6, 6.07) is 5.15. The van der Waals surface area contributed by atoms with E-state index in [-0.39, 0.29) is 17.6 Å². The molecule has 1 unspecified atom stereocenters. The van der Waals surface area contributed by atoms with Crippen LogP contribution in [0, 0.1) is 5.92 Å². The van der Waals surface area contributed by atoms with Crippen molar-refractivity contribution >= 4 is 5.91 Å². The summed E-state index contributed by atoms with van der Waals surface area (Å²) in [6.07, 6.45) is 1.54. The lowest BCUT2D eigenvalue weighted by molar-refractivity contribution is 0.0921. The van der Waals surface area contributed by atoms with Crippen molar-refractivity contribution in [2.75, 3.05) is 0 Å². The Kier molecular flexibility index (Phi) is 3.50. The number of furan rings is 1. The molecule has 0 spiro atoms. The van der Waals surface area contributed by atoms with Crippen LogP contribution in [0.5, 0.6) is 0 Å². The van der Waals surface area contributed by atoms with Crippen molar-refractivity contribution in [2.24, 2.45) is 5.92 Å². The standard InChI is InChI=1S/C13H16N2O3/c1-8(2)9(3)14-13(16)10-7-12(18-15-10)11-5-4-6-17-11/h4-9H,1-3H3,(H,14,16). The highest BCUT2D eigenvalue weighted by Crippen LogP contribution is 2.20. The van der Waals surface area contributed by atoms with Gasteiger partial charge in [-0.15, -0.1) is 0 Å². The second-order valence-electron chi connectivity index (χ2n) is 4.56. The van der Waals surface area contributed by atoms with Crippen LogP contribution in [0.1, 0.15) is 31.3 Å². The third-order valence-corrected chi connectivity index (χ3v) is 2.87. The second-order valence-corrected chi connectivity index (χ2v) is 4.56. The minimum Gasteiger partial charge on any atom is -0.461 e. The molecular formula is C13H16N2O3. The molecule has 5 nitrogen and oxygen atoms in total. The van der Waals surface area contributed by atoms with Crippen LogP contribution in [0.15, 0.2) is 33.4 Å². The smallest absolute Gasteiger partial charge is 0.273 e. The predicted octanol–water partition coefficient (Wildman–Crippen LogP) is 2.71. The number of carbonyl (C=O) groups is 1. The van der Waals surface area contributed by atoms with Crippen LogP contribution in [-0.2, 0) is 0 Å². The summed E-state index contributed by atoms with van der Waals surface area (Å²) in [4.78, 5) is 11.9. The highest BCUT2D eigenvalue weighted by molar-refractivity contribution is 5.93. The summed E-state index contributed by atoms with van der Waals surface area (Å²) in [5.41, 5.74) is 0.258. The van der Waals surface area contributed by atoms with Crippen LogP contribution >= 0.6 is 0 Å². The zero-order chi connectivity index (χ0) is 13.1. The molecule has 0 radical (unpaired) electrons. The van der Waals surface area contributed by atoms with Gasteiger partial charge < -0.3 is 14.3 Å². The van der Waals surface area contributed by atoms with Crippen LogP contribution in [-0.4, -0.2) is 17.1 Å². The molecule has 5 heteroatoms. The summed E-state index contributed by atoms with van der Waals surface area (Å²) >= 11 is 0. The molecule has 0 aliphatic rings. The Morgan fingerprint density at radius 1 is 1.33 bits per heavy atom. The van der Waals surface area contributed by atoms with E-state index in [0.717, 1.165) is 0 Å². The fraction of sp³-hybridized carbons (Fsp3) is 0.385. The van der Waals surface area contributed by atoms with E-state index in [4.69, 9.17) is 8.94 Å². The molecule has 96 valence electrons. The lowest BCUT2D eigenvalue weighted by Gasteiger charge is -2.16. The van der Waals surface area contributed by atoms with Crippen LogP contribution in [0.3, 0.4) is 0 Å². The van der Waals surface area contributed by atoms with Gasteiger partial charge in [0.1, 0.15) is 0 Å². The molecule has 0 fully saturated rings. The number of hydrogen-bond donors (Lipinski definition) is 1. The van der Waals surface area contributed by atoms with Gasteiger partial charge in [-0.2, -0.15) is 0 Å². The average molecular weight is 248 g/mol. The van der Waals surface area contributed by atoms with Gasteiger partial charge >= 0.3 is 0 Å². The summed E-state index contributed by atoms with van der Waals surface area (Å²) in [5.74, 6) is 1.13. The van der Waals surface area contributed by atoms with Gasteiger partial charge in [-0.1, -0.05) is 19.0 Å². The zero-order valence-corrected chi connectivity index (χ0v) is 10.6. The summed E-state index contributed by atoms with van der Waals surface area (Å²) in [7, 11) is 0. The molecule has 2 rings (SSSR count). The van der Waals surface area contributed by atoms with E-state index in [2.05, 4.69) is 10.5 Å². The lowest BCUT2D eigenvalue weighted by Crippen LogP contribution is -2.36. The van der Waals surface area contributed by atoms with Crippen LogP contribution < -0.4 is 5.32 Å². The van der Waals surface area contributed by atoms with E-state index in [1.54, 1.807) is 24.5 Å². The monoisotopic (exact) mass is 248 g/mol. The Labute approximate surface area is 105 Å². The van der Waals surface area contributed by atoms with Crippen molar-refractivity contribution in [1.82, 2.24) is 10.5 Å². The molecule has 2 heterocycles. The van der Waals surface area contributed by atoms with Crippen molar-refractivity contribution in [3.63, 3.8) is 0 Å². The molecule has 1 N–H and O–H groups in total. The highest BCUT2D eigenvalue weighted by Gasteiger charge is 2.17. The van der Waals surface area contributed by atoms with E-state index < -0.39 is 0 Å². The number of carbonyl (C=O) groups excluding carboxylic acids is 1. The molecular weight excluding hydrogens is 232 g/mol. The van der Waals surface area contributed by atoms with Crippen molar-refractivity contribution in [3.8, 4) is 11.5 Å². The van der Waals surface area contributed by atoms with Gasteiger partial charge in [-0.3, -0.25) is 4.79 Å². The van der Waals surface area contributed by atoms with Gasteiger partial charge in [0.05, 0.1) is 6.26 Å². The Morgan fingerprint density at radius 3 is 2.72 bits per heavy atom. The topological polar surface area (TPSA) is 68.3 Å². The molecule has 18 heavy (non-hydrogen) atoms. The van der Waals surface area contributed by atoms with E-state index in [1.165, 1.54) is 0 Å². The maximum Gasteiger partial charge on any atom is 0.273 e.